The molecule has 0 saturated heterocycles. The summed E-state index contributed by atoms with van der Waals surface area (Å²) in [6.45, 7) is 1.74. The van der Waals surface area contributed by atoms with E-state index in [1.165, 1.54) is 11.0 Å². The second-order valence-corrected chi connectivity index (χ2v) is 5.12. The molecule has 0 fully saturated rings. The highest BCUT2D eigenvalue weighted by Crippen LogP contribution is 2.22. The van der Waals surface area contributed by atoms with Crippen LogP contribution in [0.4, 0.5) is 19.3 Å². The van der Waals surface area contributed by atoms with Crippen LogP contribution in [-0.4, -0.2) is 25.1 Å². The number of halogens is 2. The molecule has 0 aliphatic carbocycles. The smallest absolute Gasteiger partial charge is 0.322 e. The van der Waals surface area contributed by atoms with Crippen LogP contribution >= 0.6 is 0 Å². The first-order valence-electron chi connectivity index (χ1n) is 7.05. The van der Waals surface area contributed by atoms with E-state index in [0.717, 1.165) is 12.1 Å². The molecule has 4 nitrogen and oxygen atoms in total. The van der Waals surface area contributed by atoms with Gasteiger partial charge in [0.05, 0.1) is 13.2 Å². The summed E-state index contributed by atoms with van der Waals surface area (Å²) in [6, 6.07) is 9.73. The van der Waals surface area contributed by atoms with E-state index in [1.807, 2.05) is 0 Å². The number of nitrogens with one attached hydrogen (secondary N) is 1. The van der Waals surface area contributed by atoms with Gasteiger partial charge in [0.15, 0.2) is 11.6 Å². The molecule has 1 unspecified atom stereocenters. The molecular formula is C17H18F2N2O2. The second-order valence-electron chi connectivity index (χ2n) is 5.12. The first kappa shape index (κ1) is 16.7. The molecule has 122 valence electrons. The lowest BCUT2D eigenvalue weighted by atomic mass is 10.1. The van der Waals surface area contributed by atoms with Gasteiger partial charge in [0.25, 0.3) is 0 Å². The Labute approximate surface area is 133 Å². The molecule has 0 saturated carbocycles. The van der Waals surface area contributed by atoms with Gasteiger partial charge in [-0.2, -0.15) is 0 Å². The van der Waals surface area contributed by atoms with Gasteiger partial charge in [0, 0.05) is 12.7 Å². The summed E-state index contributed by atoms with van der Waals surface area (Å²) in [5.74, 6) is -1.16. The van der Waals surface area contributed by atoms with Gasteiger partial charge < -0.3 is 15.0 Å². The number of methoxy groups -OCH3 is 1. The SMILES string of the molecule is COc1ccc(NC(=O)N(C)C(C)c2ccc(F)c(F)c2)cc1. The highest BCUT2D eigenvalue weighted by molar-refractivity contribution is 5.89. The maximum absolute atomic E-state index is 13.3. The lowest BCUT2D eigenvalue weighted by Gasteiger charge is -2.25. The first-order valence-corrected chi connectivity index (χ1v) is 7.05. The quantitative estimate of drug-likeness (QED) is 0.917. The Balaban J connectivity index is 2.06. The van der Waals surface area contributed by atoms with Crippen LogP contribution in [0.1, 0.15) is 18.5 Å². The first-order chi connectivity index (χ1) is 10.9. The molecule has 23 heavy (non-hydrogen) atoms. The maximum Gasteiger partial charge on any atom is 0.322 e. The minimum Gasteiger partial charge on any atom is -0.497 e. The highest BCUT2D eigenvalue weighted by Gasteiger charge is 2.18. The average Bonchev–Trinajstić information content (AvgIpc) is 2.56. The maximum atomic E-state index is 13.3. The molecule has 0 radical (unpaired) electrons. The lowest BCUT2D eigenvalue weighted by Crippen LogP contribution is -2.33. The molecule has 0 heterocycles. The summed E-state index contributed by atoms with van der Waals surface area (Å²) in [4.78, 5) is 13.7. The van der Waals surface area contributed by atoms with E-state index in [9.17, 15) is 13.6 Å². The van der Waals surface area contributed by atoms with Gasteiger partial charge in [-0.05, 0) is 48.9 Å². The predicted octanol–water partition coefficient (Wildman–Crippen LogP) is 4.20. The Hall–Kier alpha value is -2.63. The van der Waals surface area contributed by atoms with Gasteiger partial charge in [-0.15, -0.1) is 0 Å². The normalized spacial score (nSPS) is 11.7. The van der Waals surface area contributed by atoms with E-state index < -0.39 is 17.7 Å². The Kier molecular flexibility index (Phi) is 5.16. The zero-order chi connectivity index (χ0) is 17.0. The van der Waals surface area contributed by atoms with Crippen LogP contribution in [0.25, 0.3) is 0 Å². The van der Waals surface area contributed by atoms with E-state index in [0.29, 0.717) is 17.0 Å². The van der Waals surface area contributed by atoms with Gasteiger partial charge in [-0.25, -0.2) is 13.6 Å². The van der Waals surface area contributed by atoms with Crippen molar-refractivity contribution in [2.24, 2.45) is 0 Å². The number of rotatable bonds is 4. The number of urea groups is 1. The molecule has 2 aromatic rings. The lowest BCUT2D eigenvalue weighted by molar-refractivity contribution is 0.208. The number of ether oxygens (including phenoxy) is 1. The molecule has 0 aliphatic rings. The van der Waals surface area contributed by atoms with Crippen molar-refractivity contribution in [3.05, 3.63) is 59.7 Å². The molecule has 2 amide bonds. The molecule has 1 N–H and O–H groups in total. The zero-order valence-electron chi connectivity index (χ0n) is 13.1. The van der Waals surface area contributed by atoms with E-state index in [-0.39, 0.29) is 6.03 Å². The number of carbonyl (C=O) groups is 1. The Morgan fingerprint density at radius 1 is 1.13 bits per heavy atom. The molecule has 0 aromatic heterocycles. The summed E-state index contributed by atoms with van der Waals surface area (Å²) in [7, 11) is 3.15. The van der Waals surface area contributed by atoms with Crippen molar-refractivity contribution in [1.29, 1.82) is 0 Å². The van der Waals surface area contributed by atoms with Crippen molar-refractivity contribution in [1.82, 2.24) is 4.90 Å². The van der Waals surface area contributed by atoms with Crippen LogP contribution < -0.4 is 10.1 Å². The van der Waals surface area contributed by atoms with Crippen molar-refractivity contribution >= 4 is 11.7 Å². The van der Waals surface area contributed by atoms with Crippen LogP contribution in [0.3, 0.4) is 0 Å². The summed E-state index contributed by atoms with van der Waals surface area (Å²) >= 11 is 0. The Morgan fingerprint density at radius 3 is 2.35 bits per heavy atom. The average molecular weight is 320 g/mol. The summed E-state index contributed by atoms with van der Waals surface area (Å²) in [5.41, 5.74) is 1.12. The number of anilines is 1. The van der Waals surface area contributed by atoms with E-state index in [2.05, 4.69) is 5.32 Å². The van der Waals surface area contributed by atoms with Crippen molar-refractivity contribution in [2.45, 2.75) is 13.0 Å². The number of hydrogen-bond acceptors (Lipinski definition) is 2. The molecule has 0 aliphatic heterocycles. The van der Waals surface area contributed by atoms with Gasteiger partial charge >= 0.3 is 6.03 Å². The summed E-state index contributed by atoms with van der Waals surface area (Å²) in [5, 5.41) is 2.73. The predicted molar refractivity (Wildman–Crippen MR) is 84.5 cm³/mol. The highest BCUT2D eigenvalue weighted by atomic mass is 19.2. The zero-order valence-corrected chi connectivity index (χ0v) is 13.1. The van der Waals surface area contributed by atoms with E-state index >= 15 is 0 Å². The fourth-order valence-corrected chi connectivity index (χ4v) is 2.06. The van der Waals surface area contributed by atoms with Crippen molar-refractivity contribution in [3.8, 4) is 5.75 Å². The third kappa shape index (κ3) is 3.97. The third-order valence-electron chi connectivity index (χ3n) is 3.67. The molecule has 2 rings (SSSR count). The molecule has 2 aromatic carbocycles. The largest absolute Gasteiger partial charge is 0.497 e. The summed E-state index contributed by atoms with van der Waals surface area (Å²) in [6.07, 6.45) is 0. The van der Waals surface area contributed by atoms with Gasteiger partial charge in [-0.3, -0.25) is 0 Å². The standard InChI is InChI=1S/C17H18F2N2O2/c1-11(12-4-9-15(18)16(19)10-12)21(2)17(22)20-13-5-7-14(23-3)8-6-13/h4-11H,1-3H3,(H,20,22). The van der Waals surface area contributed by atoms with Crippen LogP contribution in [0.15, 0.2) is 42.5 Å². The van der Waals surface area contributed by atoms with E-state index in [1.54, 1.807) is 45.3 Å². The minimum atomic E-state index is -0.932. The Morgan fingerprint density at radius 2 is 1.78 bits per heavy atom. The molecule has 1 atom stereocenters. The van der Waals surface area contributed by atoms with Gasteiger partial charge in [0.2, 0.25) is 0 Å². The second kappa shape index (κ2) is 7.09. The van der Waals surface area contributed by atoms with Crippen LogP contribution in [0.5, 0.6) is 5.75 Å². The molecule has 0 spiro atoms. The van der Waals surface area contributed by atoms with Crippen LogP contribution in [-0.2, 0) is 0 Å². The van der Waals surface area contributed by atoms with Crippen molar-refractivity contribution < 1.29 is 18.3 Å². The number of carbonyl (C=O) groups excluding carboxylic acids is 1. The van der Waals surface area contributed by atoms with Crippen molar-refractivity contribution in [3.63, 3.8) is 0 Å². The number of nitrogens with zero attached hydrogens (tertiary/aromatic N) is 1. The fourth-order valence-electron chi connectivity index (χ4n) is 2.06. The number of hydrogen-bond donors (Lipinski definition) is 1. The fraction of sp³-hybridized carbons (Fsp3) is 0.235. The monoisotopic (exact) mass is 320 g/mol. The third-order valence-corrected chi connectivity index (χ3v) is 3.67. The van der Waals surface area contributed by atoms with Gasteiger partial charge in [0.1, 0.15) is 5.75 Å². The molecule has 0 bridgehead atoms. The molecular weight excluding hydrogens is 302 g/mol. The van der Waals surface area contributed by atoms with Crippen LogP contribution in [0.2, 0.25) is 0 Å². The minimum absolute atomic E-state index is 0.354. The van der Waals surface area contributed by atoms with E-state index in [4.69, 9.17) is 4.74 Å². The van der Waals surface area contributed by atoms with Crippen molar-refractivity contribution in [2.75, 3.05) is 19.5 Å². The summed E-state index contributed by atoms with van der Waals surface area (Å²) < 4.78 is 31.4. The number of amides is 2. The number of benzene rings is 2. The molecule has 6 heteroatoms. The van der Waals surface area contributed by atoms with Crippen LogP contribution in [0, 0.1) is 11.6 Å². The Bertz CT molecular complexity index is 689. The van der Waals surface area contributed by atoms with Gasteiger partial charge in [-0.1, -0.05) is 6.07 Å². The topological polar surface area (TPSA) is 41.6 Å².